The van der Waals surface area contributed by atoms with Gasteiger partial charge in [-0.05, 0) is 30.5 Å². The van der Waals surface area contributed by atoms with Crippen molar-refractivity contribution < 1.29 is 41.4 Å². The number of hydrogen-bond donors (Lipinski definition) is 2. The van der Waals surface area contributed by atoms with Gasteiger partial charge in [0, 0.05) is 36.6 Å². The van der Waals surface area contributed by atoms with Gasteiger partial charge < -0.3 is 18.8 Å². The molecule has 0 saturated carbocycles. The van der Waals surface area contributed by atoms with E-state index < -0.39 is 32.7 Å². The summed E-state index contributed by atoms with van der Waals surface area (Å²) in [6.07, 6.45) is 6.22. The maximum Gasteiger partial charge on any atom is 0.339 e. The molecule has 0 saturated heterocycles. The summed E-state index contributed by atoms with van der Waals surface area (Å²) < 4.78 is 62.7. The average molecular weight is 787 g/mol. The van der Waals surface area contributed by atoms with Crippen molar-refractivity contribution in [2.75, 3.05) is 37.1 Å². The zero-order valence-electron chi connectivity index (χ0n) is 28.7. The van der Waals surface area contributed by atoms with Crippen LogP contribution in [0.3, 0.4) is 0 Å². The van der Waals surface area contributed by atoms with Crippen molar-refractivity contribution in [3.63, 3.8) is 0 Å². The van der Waals surface area contributed by atoms with Crippen LogP contribution in [0.1, 0.15) is 37.0 Å². The van der Waals surface area contributed by atoms with E-state index in [1.54, 1.807) is 11.6 Å². The Kier molecular flexibility index (Phi) is 11.6. The molecule has 4 aromatic rings. The zero-order valence-corrected chi connectivity index (χ0v) is 31.1. The number of carbonyl (C=O) groups excluding carboxylic acids is 3. The summed E-state index contributed by atoms with van der Waals surface area (Å²) in [5, 5.41) is 2.10. The van der Waals surface area contributed by atoms with Gasteiger partial charge in [0.25, 0.3) is 15.9 Å². The van der Waals surface area contributed by atoms with Crippen LogP contribution in [0, 0.1) is 23.6 Å². The first-order valence-corrected chi connectivity index (χ1v) is 18.3. The fourth-order valence-electron chi connectivity index (χ4n) is 5.19. The molecular weight excluding hydrogens is 755 g/mol. The fourth-order valence-corrected chi connectivity index (χ4v) is 7.22. The van der Waals surface area contributed by atoms with E-state index in [9.17, 15) is 27.2 Å². The van der Waals surface area contributed by atoms with E-state index in [1.165, 1.54) is 66.0 Å². The molecule has 2 N–H and O–H groups in total. The molecule has 20 heteroatoms. The summed E-state index contributed by atoms with van der Waals surface area (Å²) in [6, 6.07) is 8.22. The molecule has 0 fully saturated rings. The van der Waals surface area contributed by atoms with Crippen LogP contribution in [0.15, 0.2) is 52.4 Å². The Bertz CT molecular complexity index is 2310. The minimum atomic E-state index is -4.38. The number of terminal acetylenes is 1. The van der Waals surface area contributed by atoms with Crippen LogP contribution in [-0.2, 0) is 32.5 Å². The van der Waals surface area contributed by atoms with Crippen molar-refractivity contribution in [1.82, 2.24) is 23.6 Å². The first-order chi connectivity index (χ1) is 25.1. The molecule has 2 aliphatic rings. The van der Waals surface area contributed by atoms with Gasteiger partial charge in [0.1, 0.15) is 27.3 Å². The standard InChI is InChI=1S/C18H17FN4O2S.C15H15ClN4O6S/c1-4-5-22-13-7-12(11(19)6-14(13)25-9-16(22)24)20-17-23-10-18(2,3)8-15(23)21-26-17;1-3-26-13(21)9-6-4-5-7-10(9)27(23,24)20-15(22)19-14-17-11(16)8-12(18-14)25-2/h1,6-7H,5,8-10H2,2-3H3;4-8H,3H2,1-2H3,(H2,17,18,19,20,22). The predicted molar refractivity (Wildman–Crippen MR) is 191 cm³/mol. The number of benzene rings is 2. The van der Waals surface area contributed by atoms with Gasteiger partial charge >= 0.3 is 12.0 Å². The smallest absolute Gasteiger partial charge is 0.339 e. The molecule has 6 rings (SSSR count). The van der Waals surface area contributed by atoms with E-state index in [0.717, 1.165) is 18.8 Å². The number of esters is 1. The third kappa shape index (κ3) is 9.08. The van der Waals surface area contributed by atoms with Crippen LogP contribution in [0.4, 0.5) is 26.5 Å². The molecule has 0 unspecified atom stereocenters. The van der Waals surface area contributed by atoms with Crippen molar-refractivity contribution in [2.24, 2.45) is 10.4 Å². The topological polar surface area (TPSA) is 196 Å². The molecule has 0 aliphatic carbocycles. The highest BCUT2D eigenvalue weighted by atomic mass is 35.5. The maximum absolute atomic E-state index is 14.5. The largest absolute Gasteiger partial charge is 0.481 e. The number of anilines is 2. The second kappa shape index (κ2) is 16.0. The van der Waals surface area contributed by atoms with Crippen LogP contribution >= 0.6 is 23.1 Å². The molecule has 16 nitrogen and oxygen atoms in total. The van der Waals surface area contributed by atoms with Gasteiger partial charge in [-0.2, -0.15) is 9.36 Å². The molecule has 0 spiro atoms. The van der Waals surface area contributed by atoms with Gasteiger partial charge in [-0.25, -0.2) is 37.1 Å². The molecule has 2 aromatic heterocycles. The Balaban J connectivity index is 0.000000204. The number of carbonyl (C=O) groups is 3. The van der Waals surface area contributed by atoms with E-state index in [4.69, 9.17) is 32.2 Å². The monoisotopic (exact) mass is 786 g/mol. The molecule has 3 amide bonds. The van der Waals surface area contributed by atoms with Gasteiger partial charge in [0.05, 0.1) is 31.5 Å². The number of aromatic nitrogens is 4. The van der Waals surface area contributed by atoms with E-state index in [2.05, 4.69) is 44.4 Å². The number of fused-ring (bicyclic) bond motifs is 2. The summed E-state index contributed by atoms with van der Waals surface area (Å²) >= 11 is 6.99. The number of ether oxygens (including phenoxy) is 3. The number of nitrogens with zero attached hydrogens (tertiary/aromatic N) is 6. The quantitative estimate of drug-likeness (QED) is 0.148. The molecule has 0 radical (unpaired) electrons. The summed E-state index contributed by atoms with van der Waals surface area (Å²) in [5.41, 5.74) is 0.470. The lowest BCUT2D eigenvalue weighted by atomic mass is 9.92. The predicted octanol–water partition coefficient (Wildman–Crippen LogP) is 4.08. The van der Waals surface area contributed by atoms with E-state index in [-0.39, 0.29) is 59.3 Å². The Morgan fingerprint density at radius 2 is 1.98 bits per heavy atom. The van der Waals surface area contributed by atoms with Crippen molar-refractivity contribution in [3.8, 4) is 24.0 Å². The van der Waals surface area contributed by atoms with E-state index in [0.29, 0.717) is 16.2 Å². The second-order valence-electron chi connectivity index (χ2n) is 12.0. The number of amides is 3. The zero-order chi connectivity index (χ0) is 38.5. The summed E-state index contributed by atoms with van der Waals surface area (Å²) in [6.45, 7) is 6.70. The lowest BCUT2D eigenvalue weighted by molar-refractivity contribution is -0.121. The number of rotatable bonds is 8. The van der Waals surface area contributed by atoms with Gasteiger partial charge in [-0.1, -0.05) is 43.5 Å². The second-order valence-corrected chi connectivity index (χ2v) is 14.8. The highest BCUT2D eigenvalue weighted by molar-refractivity contribution is 7.90. The summed E-state index contributed by atoms with van der Waals surface area (Å²) in [5.74, 6) is 1.89. The molecule has 278 valence electrons. The van der Waals surface area contributed by atoms with Gasteiger partial charge in [-0.15, -0.1) is 6.42 Å². The molecule has 53 heavy (non-hydrogen) atoms. The average Bonchev–Trinajstić information content (AvgIpc) is 3.61. The molecule has 2 aliphatic heterocycles. The molecular formula is C33H32ClFN8O8S2. The highest BCUT2D eigenvalue weighted by Crippen LogP contribution is 2.37. The molecule has 0 atom stereocenters. The van der Waals surface area contributed by atoms with Crippen molar-refractivity contribution >= 4 is 68.4 Å². The number of urea groups is 1. The first kappa shape index (κ1) is 38.6. The lowest BCUT2D eigenvalue weighted by Gasteiger charge is -2.28. The number of sulfonamides is 1. The van der Waals surface area contributed by atoms with Gasteiger partial charge in [0.15, 0.2) is 12.4 Å². The minimum Gasteiger partial charge on any atom is -0.481 e. The maximum atomic E-state index is 14.5. The SMILES string of the molecule is C#CCN1C(=O)COc2cc(F)c(N=c3snc4n3CC(C)(C)C4)cc21.CCOC(=O)c1ccccc1S(=O)(=O)NC(=O)Nc1nc(Cl)cc(OC)n1. The van der Waals surface area contributed by atoms with Crippen molar-refractivity contribution in [1.29, 1.82) is 0 Å². The van der Waals surface area contributed by atoms with Crippen LogP contribution in [-0.4, -0.2) is 72.1 Å². The number of nitrogens with one attached hydrogen (secondary N) is 2. The summed E-state index contributed by atoms with van der Waals surface area (Å²) in [7, 11) is -3.05. The van der Waals surface area contributed by atoms with Crippen molar-refractivity contribution in [3.05, 3.63) is 69.6 Å². The number of halogens is 2. The Hall–Kier alpha value is -5.58. The molecule has 2 aromatic carbocycles. The number of hydrogen-bond acceptors (Lipinski definition) is 13. The minimum absolute atomic E-state index is 0.0207. The fraction of sp³-hybridized carbons (Fsp3) is 0.303. The highest BCUT2D eigenvalue weighted by Gasteiger charge is 2.31. The molecule has 4 heterocycles. The Morgan fingerprint density at radius 3 is 2.70 bits per heavy atom. The van der Waals surface area contributed by atoms with E-state index in [1.807, 2.05) is 4.57 Å². The third-order valence-electron chi connectivity index (χ3n) is 7.44. The van der Waals surface area contributed by atoms with Crippen molar-refractivity contribution in [2.45, 2.75) is 38.6 Å². The van der Waals surface area contributed by atoms with Crippen LogP contribution in [0.5, 0.6) is 11.6 Å². The Morgan fingerprint density at radius 1 is 1.23 bits per heavy atom. The van der Waals surface area contributed by atoms with Crippen LogP contribution in [0.25, 0.3) is 0 Å². The summed E-state index contributed by atoms with van der Waals surface area (Å²) in [4.78, 5) is 49.7. The van der Waals surface area contributed by atoms with Gasteiger partial charge in [0.2, 0.25) is 16.6 Å². The first-order valence-electron chi connectivity index (χ1n) is 15.6. The molecule has 0 bridgehead atoms. The third-order valence-corrected chi connectivity index (χ3v) is 9.80. The van der Waals surface area contributed by atoms with Crippen LogP contribution in [0.2, 0.25) is 5.15 Å². The van der Waals surface area contributed by atoms with E-state index >= 15 is 0 Å². The van der Waals surface area contributed by atoms with Gasteiger partial charge in [-0.3, -0.25) is 15.0 Å². The number of methoxy groups -OCH3 is 1. The normalized spacial score (nSPS) is 14.5. The van der Waals surface area contributed by atoms with Crippen LogP contribution < -0.4 is 29.2 Å². The Labute approximate surface area is 312 Å². The lowest BCUT2D eigenvalue weighted by Crippen LogP contribution is -2.39.